The molecule has 0 aromatic heterocycles. The molecule has 0 aromatic rings. The molecular formula is C47H89NO5. The van der Waals surface area contributed by atoms with Gasteiger partial charge in [-0.05, 0) is 51.4 Å². The molecule has 2 atom stereocenters. The van der Waals surface area contributed by atoms with Crippen LogP contribution in [-0.2, 0) is 14.3 Å². The Morgan fingerprint density at radius 1 is 0.528 bits per heavy atom. The summed E-state index contributed by atoms with van der Waals surface area (Å²) in [5, 5.41) is 23.1. The molecule has 0 aliphatic rings. The van der Waals surface area contributed by atoms with E-state index in [9.17, 15) is 19.8 Å². The van der Waals surface area contributed by atoms with Crippen LogP contribution in [0.3, 0.4) is 0 Å². The molecule has 0 aliphatic carbocycles. The summed E-state index contributed by atoms with van der Waals surface area (Å²) in [6.07, 6.45) is 48.4. The highest BCUT2D eigenvalue weighted by molar-refractivity contribution is 5.76. The highest BCUT2D eigenvalue weighted by atomic mass is 16.5. The summed E-state index contributed by atoms with van der Waals surface area (Å²) in [6, 6.07) is -0.561. The maximum atomic E-state index is 12.4. The van der Waals surface area contributed by atoms with Crippen LogP contribution in [0.25, 0.3) is 0 Å². The zero-order valence-corrected chi connectivity index (χ0v) is 35.2. The molecule has 0 aliphatic heterocycles. The van der Waals surface area contributed by atoms with Gasteiger partial charge in [-0.1, -0.05) is 199 Å². The number of allylic oxidation sites excluding steroid dienone is 4. The highest BCUT2D eigenvalue weighted by Crippen LogP contribution is 2.16. The molecule has 2 unspecified atom stereocenters. The molecule has 6 nitrogen and oxygen atoms in total. The summed E-state index contributed by atoms with van der Waals surface area (Å²) in [7, 11) is 0. The van der Waals surface area contributed by atoms with E-state index < -0.39 is 12.1 Å². The Kier molecular flexibility index (Phi) is 41.7. The standard InChI is InChI=1S/C47H89NO5/c1-3-5-7-9-11-13-15-17-19-20-23-27-31-35-39-45(50)44(43-49)48-46(51)40-36-32-28-24-22-26-30-34-38-42-53-47(52)41-37-33-29-25-21-18-16-14-12-10-8-6-4-2/h8,10,14,16,44-45,49-50H,3-7,9,11-13,15,17-43H2,1-2H3,(H,48,51)/b10-8-,16-14-. The summed E-state index contributed by atoms with van der Waals surface area (Å²) >= 11 is 0. The van der Waals surface area contributed by atoms with E-state index in [2.05, 4.69) is 43.5 Å². The summed E-state index contributed by atoms with van der Waals surface area (Å²) in [4.78, 5) is 24.4. The number of carbonyl (C=O) groups is 2. The molecule has 0 rings (SSSR count). The molecule has 0 saturated carbocycles. The lowest BCUT2D eigenvalue weighted by molar-refractivity contribution is -0.143. The van der Waals surface area contributed by atoms with Gasteiger partial charge in [-0.15, -0.1) is 0 Å². The average Bonchev–Trinajstić information content (AvgIpc) is 3.16. The minimum atomic E-state index is -0.681. The van der Waals surface area contributed by atoms with Crippen molar-refractivity contribution in [2.45, 2.75) is 251 Å². The lowest BCUT2D eigenvalue weighted by Gasteiger charge is -2.22. The quantitative estimate of drug-likeness (QED) is 0.0328. The molecule has 0 aromatic carbocycles. The molecule has 0 radical (unpaired) electrons. The van der Waals surface area contributed by atoms with Crippen LogP contribution >= 0.6 is 0 Å². The van der Waals surface area contributed by atoms with Crippen molar-refractivity contribution < 1.29 is 24.5 Å². The molecule has 53 heavy (non-hydrogen) atoms. The van der Waals surface area contributed by atoms with Crippen molar-refractivity contribution in [2.24, 2.45) is 0 Å². The minimum Gasteiger partial charge on any atom is -0.466 e. The molecule has 0 bridgehead atoms. The fourth-order valence-corrected chi connectivity index (χ4v) is 6.91. The van der Waals surface area contributed by atoms with Gasteiger partial charge in [-0.3, -0.25) is 9.59 Å². The van der Waals surface area contributed by atoms with Crippen molar-refractivity contribution in [2.75, 3.05) is 13.2 Å². The number of nitrogens with one attached hydrogen (secondary N) is 1. The Hall–Kier alpha value is -1.66. The fraction of sp³-hybridized carbons (Fsp3) is 0.872. The average molecular weight is 748 g/mol. The molecular weight excluding hydrogens is 659 g/mol. The third kappa shape index (κ3) is 39.8. The van der Waals surface area contributed by atoms with E-state index in [0.29, 0.717) is 25.9 Å². The van der Waals surface area contributed by atoms with Gasteiger partial charge in [0.15, 0.2) is 0 Å². The number of aliphatic hydroxyl groups is 2. The summed E-state index contributed by atoms with van der Waals surface area (Å²) in [6.45, 7) is 4.81. The monoisotopic (exact) mass is 748 g/mol. The van der Waals surface area contributed by atoms with Gasteiger partial charge < -0.3 is 20.3 Å². The molecule has 6 heteroatoms. The van der Waals surface area contributed by atoms with Gasteiger partial charge in [-0.2, -0.15) is 0 Å². The Morgan fingerprint density at radius 3 is 1.51 bits per heavy atom. The van der Waals surface area contributed by atoms with Crippen LogP contribution in [0.1, 0.15) is 239 Å². The van der Waals surface area contributed by atoms with Gasteiger partial charge in [0.2, 0.25) is 5.91 Å². The molecule has 0 fully saturated rings. The lowest BCUT2D eigenvalue weighted by Crippen LogP contribution is -2.45. The van der Waals surface area contributed by atoms with Gasteiger partial charge in [-0.25, -0.2) is 0 Å². The third-order valence-corrected chi connectivity index (χ3v) is 10.5. The van der Waals surface area contributed by atoms with Gasteiger partial charge in [0.05, 0.1) is 25.4 Å². The van der Waals surface area contributed by atoms with E-state index in [1.807, 2.05) is 0 Å². The van der Waals surface area contributed by atoms with E-state index in [4.69, 9.17) is 4.74 Å². The maximum Gasteiger partial charge on any atom is 0.305 e. The predicted molar refractivity (Wildman–Crippen MR) is 227 cm³/mol. The number of aliphatic hydroxyl groups excluding tert-OH is 2. The largest absolute Gasteiger partial charge is 0.466 e. The van der Waals surface area contributed by atoms with Gasteiger partial charge in [0.1, 0.15) is 0 Å². The fourth-order valence-electron chi connectivity index (χ4n) is 6.91. The number of hydrogen-bond acceptors (Lipinski definition) is 5. The second kappa shape index (κ2) is 43.1. The molecule has 0 spiro atoms. The SMILES string of the molecule is CCC/C=C\C/C=C\CCCCCCCC(=O)OCCCCCCCCCCCC(=O)NC(CO)C(O)CCCCCCCCCCCCCCCC. The van der Waals surface area contributed by atoms with Crippen LogP contribution in [-0.4, -0.2) is 47.4 Å². The number of amides is 1. The van der Waals surface area contributed by atoms with Crippen LogP contribution in [0.5, 0.6) is 0 Å². The summed E-state index contributed by atoms with van der Waals surface area (Å²) < 4.78 is 5.42. The first-order chi connectivity index (χ1) is 26.0. The Morgan fingerprint density at radius 2 is 0.981 bits per heavy atom. The molecule has 1 amide bonds. The first-order valence-electron chi connectivity index (χ1n) is 23.1. The van der Waals surface area contributed by atoms with Crippen molar-refractivity contribution in [3.63, 3.8) is 0 Å². The topological polar surface area (TPSA) is 95.9 Å². The Balaban J connectivity index is 3.52. The third-order valence-electron chi connectivity index (χ3n) is 10.5. The van der Waals surface area contributed by atoms with Gasteiger partial charge >= 0.3 is 5.97 Å². The second-order valence-corrected chi connectivity index (χ2v) is 15.7. The normalized spacial score (nSPS) is 12.9. The van der Waals surface area contributed by atoms with Crippen LogP contribution < -0.4 is 5.32 Å². The van der Waals surface area contributed by atoms with Crippen LogP contribution in [0.15, 0.2) is 24.3 Å². The smallest absolute Gasteiger partial charge is 0.305 e. The number of rotatable bonds is 42. The first-order valence-corrected chi connectivity index (χ1v) is 23.1. The van der Waals surface area contributed by atoms with Crippen LogP contribution in [0.2, 0.25) is 0 Å². The number of esters is 1. The molecule has 312 valence electrons. The van der Waals surface area contributed by atoms with Crippen LogP contribution in [0, 0.1) is 0 Å². The Labute approximate surface area is 329 Å². The second-order valence-electron chi connectivity index (χ2n) is 15.7. The van der Waals surface area contributed by atoms with E-state index in [-0.39, 0.29) is 18.5 Å². The first kappa shape index (κ1) is 51.3. The van der Waals surface area contributed by atoms with Crippen molar-refractivity contribution in [1.29, 1.82) is 0 Å². The maximum absolute atomic E-state index is 12.4. The minimum absolute atomic E-state index is 0.0407. The predicted octanol–water partition coefficient (Wildman–Crippen LogP) is 13.2. The van der Waals surface area contributed by atoms with E-state index in [1.54, 1.807) is 0 Å². The number of hydrogen-bond donors (Lipinski definition) is 3. The summed E-state index contributed by atoms with van der Waals surface area (Å²) in [5.74, 6) is -0.105. The highest BCUT2D eigenvalue weighted by Gasteiger charge is 2.20. The van der Waals surface area contributed by atoms with E-state index in [1.165, 1.54) is 135 Å². The number of ether oxygens (including phenoxy) is 1. The molecule has 0 saturated heterocycles. The number of carbonyl (C=O) groups excluding carboxylic acids is 2. The zero-order chi connectivity index (χ0) is 38.7. The van der Waals surface area contributed by atoms with Crippen molar-refractivity contribution in [3.8, 4) is 0 Å². The zero-order valence-electron chi connectivity index (χ0n) is 35.2. The van der Waals surface area contributed by atoms with Crippen molar-refractivity contribution >= 4 is 11.9 Å². The summed E-state index contributed by atoms with van der Waals surface area (Å²) in [5.41, 5.74) is 0. The van der Waals surface area contributed by atoms with Crippen molar-refractivity contribution in [3.05, 3.63) is 24.3 Å². The number of unbranched alkanes of at least 4 members (excludes halogenated alkanes) is 27. The van der Waals surface area contributed by atoms with Crippen molar-refractivity contribution in [1.82, 2.24) is 5.32 Å². The lowest BCUT2D eigenvalue weighted by atomic mass is 10.0. The molecule has 3 N–H and O–H groups in total. The van der Waals surface area contributed by atoms with E-state index in [0.717, 1.165) is 70.6 Å². The van der Waals surface area contributed by atoms with Gasteiger partial charge in [0.25, 0.3) is 0 Å². The van der Waals surface area contributed by atoms with Gasteiger partial charge in [0, 0.05) is 12.8 Å². The Bertz CT molecular complexity index is 828. The molecule has 0 heterocycles. The van der Waals surface area contributed by atoms with Crippen LogP contribution in [0.4, 0.5) is 0 Å². The van der Waals surface area contributed by atoms with E-state index >= 15 is 0 Å².